The first-order valence-corrected chi connectivity index (χ1v) is 15.3. The summed E-state index contributed by atoms with van der Waals surface area (Å²) in [5.74, 6) is -0.367. The monoisotopic (exact) mass is 626 g/mol. The van der Waals surface area contributed by atoms with E-state index in [1.54, 1.807) is 44.7 Å². The van der Waals surface area contributed by atoms with E-state index in [1.165, 1.54) is 4.35 Å². The summed E-state index contributed by atoms with van der Waals surface area (Å²) in [6, 6.07) is 19.3. The Kier molecular flexibility index (Phi) is 8.91. The average molecular weight is 627 g/mol. The van der Waals surface area contributed by atoms with E-state index in [0.29, 0.717) is 16.3 Å². The van der Waals surface area contributed by atoms with Gasteiger partial charge in [-0.1, -0.05) is 0 Å². The van der Waals surface area contributed by atoms with Crippen LogP contribution < -0.4 is 14.1 Å². The molecule has 0 saturated heterocycles. The van der Waals surface area contributed by atoms with Gasteiger partial charge in [0.2, 0.25) is 0 Å². The van der Waals surface area contributed by atoms with Gasteiger partial charge in [0.1, 0.15) is 0 Å². The van der Waals surface area contributed by atoms with E-state index < -0.39 is 22.0 Å². The van der Waals surface area contributed by atoms with Gasteiger partial charge in [0.15, 0.2) is 6.29 Å². The number of fused-ring (bicyclic) bond motifs is 1. The second-order valence-corrected chi connectivity index (χ2v) is 12.2. The summed E-state index contributed by atoms with van der Waals surface area (Å²) in [6.45, 7) is 5.94. The molecule has 1 amide bonds. The van der Waals surface area contributed by atoms with E-state index >= 15 is 0 Å². The zero-order valence-corrected chi connectivity index (χ0v) is 25.7. The molecule has 206 valence electrons. The molecule has 41 heavy (non-hydrogen) atoms. The molecule has 1 atom stereocenters. The number of aromatic nitrogens is 3. The quantitative estimate of drug-likeness (QED) is 0.178. The molecule has 1 unspecified atom stereocenters. The third kappa shape index (κ3) is 6.09. The second kappa shape index (κ2) is 12.8. The Bertz CT molecular complexity index is 1740. The van der Waals surface area contributed by atoms with Gasteiger partial charge in [-0.3, -0.25) is 0 Å². The molecule has 1 N–H and O–H groups in total. The first-order chi connectivity index (χ1) is 19.9. The fraction of sp³-hybridized carbons (Fsp3) is 0.125. The van der Waals surface area contributed by atoms with Crippen LogP contribution >= 0.6 is 11.6 Å². The molecule has 0 fully saturated rings. The molecule has 2 aromatic carbocycles. The van der Waals surface area contributed by atoms with Crippen molar-refractivity contribution in [3.8, 4) is 11.1 Å². The number of ether oxygens (including phenoxy) is 2. The van der Waals surface area contributed by atoms with Crippen LogP contribution in [0.2, 0.25) is 5.02 Å². The molecule has 0 radical (unpaired) electrons. The Morgan fingerprint density at radius 2 is 1.78 bits per heavy atom. The van der Waals surface area contributed by atoms with Crippen LogP contribution in [0.25, 0.3) is 28.1 Å². The Balaban J connectivity index is 1.41. The number of amides is 1. The number of methoxy groups -OCH3 is 2. The summed E-state index contributed by atoms with van der Waals surface area (Å²) in [7, 11) is 3.08. The van der Waals surface area contributed by atoms with Gasteiger partial charge < -0.3 is 9.47 Å². The molecule has 0 aliphatic carbocycles. The van der Waals surface area contributed by atoms with E-state index in [9.17, 15) is 4.79 Å². The molecule has 0 spiro atoms. The van der Waals surface area contributed by atoms with Crippen molar-refractivity contribution in [2.75, 3.05) is 19.5 Å². The van der Waals surface area contributed by atoms with E-state index in [2.05, 4.69) is 40.9 Å². The third-order valence-electron chi connectivity index (χ3n) is 6.70. The van der Waals surface area contributed by atoms with Crippen molar-refractivity contribution in [1.29, 1.82) is 0 Å². The van der Waals surface area contributed by atoms with Gasteiger partial charge >= 0.3 is 221 Å². The van der Waals surface area contributed by atoms with Gasteiger partial charge in [0.05, 0.1) is 0 Å². The van der Waals surface area contributed by atoms with Crippen molar-refractivity contribution in [2.45, 2.75) is 13.2 Å². The van der Waals surface area contributed by atoms with E-state index in [-0.39, 0.29) is 11.6 Å². The molecule has 5 rings (SSSR count). The molecule has 0 aliphatic rings. The van der Waals surface area contributed by atoms with Crippen LogP contribution in [0.4, 0.5) is 5.69 Å². The Morgan fingerprint density at radius 3 is 2.51 bits per heavy atom. The van der Waals surface area contributed by atoms with Crippen LogP contribution in [0.1, 0.15) is 33.5 Å². The van der Waals surface area contributed by atoms with Gasteiger partial charge in [-0.15, -0.1) is 0 Å². The number of nitrogens with one attached hydrogen (secondary N) is 1. The first kappa shape index (κ1) is 28.6. The molecule has 7 nitrogen and oxygen atoms in total. The van der Waals surface area contributed by atoms with Crippen molar-refractivity contribution in [1.82, 2.24) is 15.0 Å². The van der Waals surface area contributed by atoms with Gasteiger partial charge in [0, 0.05) is 14.2 Å². The number of carbonyl (C=O) groups excluding carboxylic acids is 1. The number of hydrogen-bond acceptors (Lipinski definition) is 6. The number of anilines is 1. The second-order valence-electron chi connectivity index (χ2n) is 9.21. The van der Waals surface area contributed by atoms with Gasteiger partial charge in [0.25, 0.3) is 0 Å². The van der Waals surface area contributed by atoms with E-state index in [1.807, 2.05) is 42.7 Å². The number of rotatable bonds is 9. The Labute approximate surface area is 250 Å². The standard InChI is InChI=1S/C32H28AsClN4O3/c1-5-20-16-21-14-15-35-30(29(21)37-17-20)33-25-10-6-8-23(19(25)2)24-9-7-11-26(28(24)34)38-31(39)27-13-12-22(18-36-27)32(40-3)41-4/h5-18,32-33H,1H2,2-4H3,(H,38,39). The maximum absolute atomic E-state index is 13.0. The van der Waals surface area contributed by atoms with Crippen LogP contribution in [0, 0.1) is 6.92 Å². The maximum atomic E-state index is 13.0. The minimum absolute atomic E-state index is 0.251. The van der Waals surface area contributed by atoms with Crippen molar-refractivity contribution < 1.29 is 14.3 Å². The molecule has 9 heteroatoms. The van der Waals surface area contributed by atoms with E-state index in [4.69, 9.17) is 26.1 Å². The SMILES string of the molecule is C=Cc1cnc2c([AsH]c3cccc(-c4cccc(NC(=O)c5ccc(C(OC)OC)cn5)c4Cl)c3C)nccc2c1. The van der Waals surface area contributed by atoms with Crippen molar-refractivity contribution in [3.05, 3.63) is 113 Å². The summed E-state index contributed by atoms with van der Waals surface area (Å²) in [4.78, 5) is 26.6. The molecule has 0 saturated carbocycles. The van der Waals surface area contributed by atoms with Crippen molar-refractivity contribution in [3.63, 3.8) is 0 Å². The number of pyridine rings is 3. The van der Waals surface area contributed by atoms with Crippen LogP contribution in [-0.4, -0.2) is 50.8 Å². The number of hydrogen-bond donors (Lipinski definition) is 1. The number of benzene rings is 2. The fourth-order valence-electron chi connectivity index (χ4n) is 4.54. The molecule has 5 aromatic rings. The molecule has 0 aliphatic heterocycles. The van der Waals surface area contributed by atoms with Crippen molar-refractivity contribution in [2.24, 2.45) is 0 Å². The number of carbonyl (C=O) groups is 1. The predicted octanol–water partition coefficient (Wildman–Crippen LogP) is 5.23. The van der Waals surface area contributed by atoms with Gasteiger partial charge in [-0.25, -0.2) is 0 Å². The van der Waals surface area contributed by atoms with Gasteiger partial charge in [-0.05, 0) is 0 Å². The Hall–Kier alpha value is -3.87. The van der Waals surface area contributed by atoms with Gasteiger partial charge in [-0.2, -0.15) is 0 Å². The summed E-state index contributed by atoms with van der Waals surface area (Å²) < 4.78 is 12.7. The van der Waals surface area contributed by atoms with Crippen molar-refractivity contribution >= 4 is 64.8 Å². The molecule has 3 heterocycles. The summed E-state index contributed by atoms with van der Waals surface area (Å²) in [5.41, 5.74) is 6.33. The van der Waals surface area contributed by atoms with Crippen LogP contribution in [-0.2, 0) is 9.47 Å². The zero-order valence-electron chi connectivity index (χ0n) is 22.8. The molecule has 3 aromatic heterocycles. The van der Waals surface area contributed by atoms with Crippen LogP contribution in [0.15, 0.2) is 85.8 Å². The molecule has 0 bridgehead atoms. The average Bonchev–Trinajstić information content (AvgIpc) is 3.00. The normalized spacial score (nSPS) is 11.4. The first-order valence-electron chi connectivity index (χ1n) is 12.8. The topological polar surface area (TPSA) is 86.2 Å². The van der Waals surface area contributed by atoms with E-state index in [0.717, 1.165) is 37.6 Å². The Morgan fingerprint density at radius 1 is 1.00 bits per heavy atom. The minimum atomic E-state index is -0.800. The zero-order chi connectivity index (χ0) is 28.9. The van der Waals surface area contributed by atoms with Crippen LogP contribution in [0.5, 0.6) is 0 Å². The number of halogens is 1. The molecular weight excluding hydrogens is 599 g/mol. The predicted molar refractivity (Wildman–Crippen MR) is 167 cm³/mol. The number of nitrogens with zero attached hydrogens (tertiary/aromatic N) is 3. The fourth-order valence-corrected chi connectivity index (χ4v) is 7.38. The van der Waals surface area contributed by atoms with Crippen LogP contribution in [0.3, 0.4) is 0 Å². The summed E-state index contributed by atoms with van der Waals surface area (Å²) >= 11 is 6.08. The summed E-state index contributed by atoms with van der Waals surface area (Å²) in [5, 5.41) is 4.41. The third-order valence-corrected chi connectivity index (χ3v) is 10.1. The molecular formula is C32H28AsClN4O3. The summed E-state index contributed by atoms with van der Waals surface area (Å²) in [6.07, 6.45) is 6.47.